The predicted octanol–water partition coefficient (Wildman–Crippen LogP) is 1.71. The van der Waals surface area contributed by atoms with Crippen molar-refractivity contribution in [1.82, 2.24) is 0 Å². The normalized spacial score (nSPS) is 31.6. The lowest BCUT2D eigenvalue weighted by molar-refractivity contribution is -0.156. The van der Waals surface area contributed by atoms with Crippen molar-refractivity contribution >= 4 is 11.8 Å². The van der Waals surface area contributed by atoms with Crippen LogP contribution in [0, 0.1) is 11.3 Å². The maximum atomic E-state index is 11.9. The van der Waals surface area contributed by atoms with E-state index in [0.29, 0.717) is 6.61 Å². The van der Waals surface area contributed by atoms with Crippen LogP contribution in [0.15, 0.2) is 0 Å². The Morgan fingerprint density at radius 3 is 2.65 bits per heavy atom. The third-order valence-corrected chi connectivity index (χ3v) is 3.45. The topological polar surface area (TPSA) is 52.6 Å². The lowest BCUT2D eigenvalue weighted by Gasteiger charge is -2.19. The molecular weight excluding hydrogens is 220 g/mol. The van der Waals surface area contributed by atoms with E-state index in [4.69, 9.17) is 9.47 Å². The molecule has 0 unspecified atom stereocenters. The lowest BCUT2D eigenvalue weighted by Crippen LogP contribution is -2.26. The van der Waals surface area contributed by atoms with Gasteiger partial charge in [-0.3, -0.25) is 9.59 Å². The monoisotopic (exact) mass is 240 g/mol. The molecule has 2 rings (SSSR count). The minimum atomic E-state index is -0.519. The summed E-state index contributed by atoms with van der Waals surface area (Å²) >= 11 is 0. The molecule has 1 spiro atoms. The van der Waals surface area contributed by atoms with Gasteiger partial charge in [0.2, 0.25) is 0 Å². The molecule has 0 amide bonds. The molecule has 2 aliphatic rings. The smallest absolute Gasteiger partial charge is 0.313 e. The molecule has 2 fully saturated rings. The average Bonchev–Trinajstić information content (AvgIpc) is 2.61. The molecule has 1 saturated heterocycles. The SMILES string of the molecule is CC(C)(C)OC(=O)CC(=O)[C@@H]1C[C@@]12CCOC2. The summed E-state index contributed by atoms with van der Waals surface area (Å²) < 4.78 is 10.5. The first-order valence-electron chi connectivity index (χ1n) is 6.15. The zero-order valence-electron chi connectivity index (χ0n) is 10.7. The third kappa shape index (κ3) is 2.86. The molecule has 2 atom stereocenters. The lowest BCUT2D eigenvalue weighted by atomic mass is 10.00. The van der Waals surface area contributed by atoms with Crippen LogP contribution in [0.1, 0.15) is 40.0 Å². The highest BCUT2D eigenvalue weighted by Crippen LogP contribution is 2.58. The molecule has 4 nitrogen and oxygen atoms in total. The number of carbonyl (C=O) groups excluding carboxylic acids is 2. The van der Waals surface area contributed by atoms with Crippen molar-refractivity contribution in [3.05, 3.63) is 0 Å². The highest BCUT2D eigenvalue weighted by Gasteiger charge is 2.59. The molecule has 1 aliphatic carbocycles. The highest BCUT2D eigenvalue weighted by atomic mass is 16.6. The van der Waals surface area contributed by atoms with Crippen LogP contribution >= 0.6 is 0 Å². The fraction of sp³-hybridized carbons (Fsp3) is 0.846. The Bertz CT molecular complexity index is 334. The van der Waals surface area contributed by atoms with Crippen molar-refractivity contribution < 1.29 is 19.1 Å². The van der Waals surface area contributed by atoms with Crippen LogP contribution in [-0.4, -0.2) is 30.6 Å². The van der Waals surface area contributed by atoms with Crippen molar-refractivity contribution in [2.75, 3.05) is 13.2 Å². The van der Waals surface area contributed by atoms with Crippen molar-refractivity contribution in [2.45, 2.75) is 45.6 Å². The van der Waals surface area contributed by atoms with Gasteiger partial charge < -0.3 is 9.47 Å². The van der Waals surface area contributed by atoms with E-state index in [-0.39, 0.29) is 23.5 Å². The zero-order valence-corrected chi connectivity index (χ0v) is 10.7. The predicted molar refractivity (Wildman–Crippen MR) is 61.4 cm³/mol. The van der Waals surface area contributed by atoms with Gasteiger partial charge in [0.05, 0.1) is 6.61 Å². The maximum absolute atomic E-state index is 11.9. The van der Waals surface area contributed by atoms with E-state index in [9.17, 15) is 9.59 Å². The summed E-state index contributed by atoms with van der Waals surface area (Å²) in [4.78, 5) is 23.4. The van der Waals surface area contributed by atoms with Gasteiger partial charge >= 0.3 is 5.97 Å². The fourth-order valence-corrected chi connectivity index (χ4v) is 2.50. The summed E-state index contributed by atoms with van der Waals surface area (Å²) in [6.45, 7) is 6.84. The fourth-order valence-electron chi connectivity index (χ4n) is 2.50. The molecule has 0 radical (unpaired) electrons. The Morgan fingerprint density at radius 2 is 2.12 bits per heavy atom. The number of ether oxygens (including phenoxy) is 2. The first-order valence-corrected chi connectivity index (χ1v) is 6.15. The van der Waals surface area contributed by atoms with E-state index < -0.39 is 11.6 Å². The van der Waals surface area contributed by atoms with Gasteiger partial charge in [-0.05, 0) is 33.6 Å². The second kappa shape index (κ2) is 4.09. The van der Waals surface area contributed by atoms with E-state index in [1.54, 1.807) is 20.8 Å². The van der Waals surface area contributed by atoms with Gasteiger partial charge in [0, 0.05) is 17.9 Å². The molecule has 17 heavy (non-hydrogen) atoms. The Balaban J connectivity index is 1.81. The molecule has 96 valence electrons. The minimum absolute atomic E-state index is 0.0183. The van der Waals surface area contributed by atoms with Crippen molar-refractivity contribution in [3.8, 4) is 0 Å². The summed E-state index contributed by atoms with van der Waals surface area (Å²) in [5.74, 6) is -0.370. The van der Waals surface area contributed by atoms with E-state index >= 15 is 0 Å². The third-order valence-electron chi connectivity index (χ3n) is 3.45. The van der Waals surface area contributed by atoms with E-state index in [2.05, 4.69) is 0 Å². The second-order valence-corrected chi connectivity index (χ2v) is 6.15. The summed E-state index contributed by atoms with van der Waals surface area (Å²) in [5.41, 5.74) is -0.450. The summed E-state index contributed by atoms with van der Waals surface area (Å²) in [6.07, 6.45) is 1.75. The van der Waals surface area contributed by atoms with Gasteiger partial charge in [-0.2, -0.15) is 0 Å². The van der Waals surface area contributed by atoms with Crippen LogP contribution < -0.4 is 0 Å². The average molecular weight is 240 g/mol. The summed E-state index contributed by atoms with van der Waals surface area (Å²) in [5, 5.41) is 0. The molecule has 0 N–H and O–H groups in total. The van der Waals surface area contributed by atoms with Crippen molar-refractivity contribution in [2.24, 2.45) is 11.3 Å². The number of Topliss-reactive ketones (excluding diaryl/α,β-unsaturated/α-hetero) is 1. The number of carbonyl (C=O) groups is 2. The van der Waals surface area contributed by atoms with Gasteiger partial charge in [-0.25, -0.2) is 0 Å². The van der Waals surface area contributed by atoms with Gasteiger partial charge in [-0.1, -0.05) is 0 Å². The van der Waals surface area contributed by atoms with Crippen LogP contribution in [0.25, 0.3) is 0 Å². The van der Waals surface area contributed by atoms with Crippen LogP contribution in [0.2, 0.25) is 0 Å². The standard InChI is InChI=1S/C13H20O4/c1-12(2,3)17-11(15)6-10(14)9-7-13(9)4-5-16-8-13/h9H,4-8H2,1-3H3/t9-,13+/m0/s1. The van der Waals surface area contributed by atoms with Crippen LogP contribution in [0.3, 0.4) is 0 Å². The summed E-state index contributed by atoms with van der Waals surface area (Å²) in [7, 11) is 0. The number of ketones is 1. The number of esters is 1. The second-order valence-electron chi connectivity index (χ2n) is 6.15. The minimum Gasteiger partial charge on any atom is -0.460 e. The van der Waals surface area contributed by atoms with E-state index in [1.807, 2.05) is 0 Å². The Morgan fingerprint density at radius 1 is 1.41 bits per heavy atom. The van der Waals surface area contributed by atoms with Gasteiger partial charge in [0.15, 0.2) is 0 Å². The largest absolute Gasteiger partial charge is 0.460 e. The molecular formula is C13H20O4. The Kier molecular flexibility index (Phi) is 3.02. The zero-order chi connectivity index (χ0) is 12.7. The molecule has 1 saturated carbocycles. The number of hydrogen-bond acceptors (Lipinski definition) is 4. The molecule has 1 heterocycles. The summed E-state index contributed by atoms with van der Waals surface area (Å²) in [6, 6.07) is 0. The van der Waals surface area contributed by atoms with Gasteiger partial charge in [0.25, 0.3) is 0 Å². The number of hydrogen-bond donors (Lipinski definition) is 0. The van der Waals surface area contributed by atoms with Crippen molar-refractivity contribution in [1.29, 1.82) is 0 Å². The molecule has 0 bridgehead atoms. The number of rotatable bonds is 3. The Labute approximate surface area is 102 Å². The Hall–Kier alpha value is -0.900. The van der Waals surface area contributed by atoms with Gasteiger partial charge in [0.1, 0.15) is 17.8 Å². The molecule has 0 aromatic heterocycles. The van der Waals surface area contributed by atoms with Crippen LogP contribution in [-0.2, 0) is 19.1 Å². The van der Waals surface area contributed by atoms with E-state index in [1.165, 1.54) is 0 Å². The molecule has 0 aromatic rings. The van der Waals surface area contributed by atoms with Crippen LogP contribution in [0.4, 0.5) is 0 Å². The highest BCUT2D eigenvalue weighted by molar-refractivity contribution is 5.98. The first-order chi connectivity index (χ1) is 7.82. The molecule has 0 aromatic carbocycles. The van der Waals surface area contributed by atoms with Crippen molar-refractivity contribution in [3.63, 3.8) is 0 Å². The molecule has 4 heteroatoms. The van der Waals surface area contributed by atoms with Gasteiger partial charge in [-0.15, -0.1) is 0 Å². The maximum Gasteiger partial charge on any atom is 0.313 e. The van der Waals surface area contributed by atoms with E-state index in [0.717, 1.165) is 19.4 Å². The first kappa shape index (κ1) is 12.6. The quantitative estimate of drug-likeness (QED) is 0.556. The molecule has 1 aliphatic heterocycles. The van der Waals surface area contributed by atoms with Crippen LogP contribution in [0.5, 0.6) is 0 Å².